The average Bonchev–Trinajstić information content (AvgIpc) is 2.44. The Morgan fingerprint density at radius 3 is 2.00 bits per heavy atom. The molecule has 76 valence electrons. The predicted molar refractivity (Wildman–Crippen MR) is 51.6 cm³/mol. The predicted octanol–water partition coefficient (Wildman–Crippen LogP) is 0.975. The summed E-state index contributed by atoms with van der Waals surface area (Å²) in [6.45, 7) is 0. The third-order valence-corrected chi connectivity index (χ3v) is 2.67. The fourth-order valence-electron chi connectivity index (χ4n) is 1.49. The van der Waals surface area contributed by atoms with Gasteiger partial charge in [-0.15, -0.1) is 0 Å². The van der Waals surface area contributed by atoms with Crippen LogP contribution in [-0.4, -0.2) is 27.9 Å². The van der Waals surface area contributed by atoms with Gasteiger partial charge in [-0.1, -0.05) is 12.1 Å². The molecule has 0 saturated heterocycles. The second-order valence-electron chi connectivity index (χ2n) is 3.08. The lowest BCUT2D eigenvalue weighted by atomic mass is 10.1. The molecule has 1 N–H and O–H groups in total. The summed E-state index contributed by atoms with van der Waals surface area (Å²) in [6.07, 6.45) is -0.443. The van der Waals surface area contributed by atoms with Crippen LogP contribution in [0.3, 0.4) is 0 Å². The Hall–Kier alpha value is -1.58. The van der Waals surface area contributed by atoms with Gasteiger partial charge in [0.15, 0.2) is 0 Å². The van der Waals surface area contributed by atoms with E-state index in [2.05, 4.69) is 0 Å². The number of amides is 2. The van der Waals surface area contributed by atoms with Gasteiger partial charge in [0.2, 0.25) is 0 Å². The van der Waals surface area contributed by atoms with E-state index in [-0.39, 0.29) is 0 Å². The lowest BCUT2D eigenvalue weighted by Gasteiger charge is -2.04. The highest BCUT2D eigenvalue weighted by Gasteiger charge is 2.39. The first-order chi connectivity index (χ1) is 7.11. The summed E-state index contributed by atoms with van der Waals surface area (Å²) in [5, 5.41) is 0. The molecule has 0 spiro atoms. The number of hydrogen-bond donors (Lipinski definition) is 1. The summed E-state index contributed by atoms with van der Waals surface area (Å²) >= 11 is 0. The first-order valence-electron chi connectivity index (χ1n) is 4.20. The van der Waals surface area contributed by atoms with Crippen LogP contribution in [0, 0.1) is 0 Å². The first-order valence-corrected chi connectivity index (χ1v) is 5.60. The van der Waals surface area contributed by atoms with Crippen molar-refractivity contribution in [2.24, 2.45) is 0 Å². The minimum atomic E-state index is -2.53. The number of fused-ring (bicyclic) bond motifs is 1. The smallest absolute Gasteiger partial charge is 0.268 e. The average molecular weight is 224 g/mol. The number of rotatable bonds is 2. The molecule has 0 radical (unpaired) electrons. The highest BCUT2D eigenvalue weighted by molar-refractivity contribution is 7.38. The van der Waals surface area contributed by atoms with E-state index in [0.29, 0.717) is 11.1 Å². The second-order valence-corrected chi connectivity index (χ2v) is 4.06. The highest BCUT2D eigenvalue weighted by atomic mass is 31.1. The maximum atomic E-state index is 11.6. The van der Waals surface area contributed by atoms with Crippen molar-refractivity contribution < 1.29 is 19.0 Å². The van der Waals surface area contributed by atoms with E-state index in [1.165, 1.54) is 12.1 Å². The van der Waals surface area contributed by atoms with E-state index < -0.39 is 26.1 Å². The molecule has 1 aliphatic heterocycles. The van der Waals surface area contributed by atoms with Crippen LogP contribution < -0.4 is 0 Å². The Bertz CT molecular complexity index is 436. The monoisotopic (exact) mass is 224 g/mol. The van der Waals surface area contributed by atoms with E-state index in [1.807, 2.05) is 0 Å². The Kier molecular flexibility index (Phi) is 2.34. The maximum absolute atomic E-state index is 11.6. The van der Waals surface area contributed by atoms with E-state index in [1.54, 1.807) is 12.1 Å². The summed E-state index contributed by atoms with van der Waals surface area (Å²) in [4.78, 5) is 32.7. The molecule has 0 aliphatic carbocycles. The summed E-state index contributed by atoms with van der Waals surface area (Å²) in [5.41, 5.74) is 0.582. The quantitative estimate of drug-likeness (QED) is 0.600. The molecule has 6 heteroatoms. The minimum absolute atomic E-state index is 0.291. The van der Waals surface area contributed by atoms with Gasteiger partial charge in [0.1, 0.15) is 0 Å². The van der Waals surface area contributed by atoms with Gasteiger partial charge in [-0.2, -0.15) is 4.89 Å². The molecule has 0 saturated carbocycles. The Morgan fingerprint density at radius 1 is 1.13 bits per heavy atom. The van der Waals surface area contributed by atoms with E-state index in [0.717, 1.165) is 4.90 Å². The molecule has 5 nitrogen and oxygen atoms in total. The molecule has 0 aromatic heterocycles. The van der Waals surface area contributed by atoms with Crippen LogP contribution in [0.25, 0.3) is 0 Å². The molecule has 2 rings (SSSR count). The molecule has 1 aromatic carbocycles. The van der Waals surface area contributed by atoms with Crippen LogP contribution in [0.4, 0.5) is 0 Å². The number of nitrogens with zero attached hydrogens (tertiary/aromatic N) is 1. The Balaban J connectivity index is 2.41. The van der Waals surface area contributed by atoms with Gasteiger partial charge in [-0.05, 0) is 16.7 Å². The van der Waals surface area contributed by atoms with E-state index in [9.17, 15) is 14.2 Å². The van der Waals surface area contributed by atoms with Crippen molar-refractivity contribution in [3.05, 3.63) is 35.4 Å². The van der Waals surface area contributed by atoms with E-state index in [4.69, 9.17) is 4.89 Å². The molecule has 1 atom stereocenters. The molecule has 1 aliphatic rings. The number of imide groups is 1. The SMILES string of the molecule is O=C1c2ccccc2C(=O)N1C[P+](=O)O. The van der Waals surface area contributed by atoms with Crippen LogP contribution in [0.2, 0.25) is 0 Å². The van der Waals surface area contributed by atoms with Crippen LogP contribution in [0.1, 0.15) is 20.7 Å². The standard InChI is InChI=1S/C9H6NO4P/c11-8-6-3-1-2-4-7(6)9(12)10(8)5-15(13)14/h1-4H,5H2/p+1. The molecule has 1 unspecified atom stereocenters. The van der Waals surface area contributed by atoms with Gasteiger partial charge in [0, 0.05) is 0 Å². The number of hydrogen-bond acceptors (Lipinski definition) is 3. The fourth-order valence-corrected chi connectivity index (χ4v) is 1.99. The molecule has 15 heavy (non-hydrogen) atoms. The van der Waals surface area contributed by atoms with Crippen LogP contribution in [-0.2, 0) is 4.57 Å². The second kappa shape index (κ2) is 3.53. The molecule has 0 bridgehead atoms. The van der Waals surface area contributed by atoms with Crippen molar-refractivity contribution in [3.8, 4) is 0 Å². The number of carbonyl (C=O) groups excluding carboxylic acids is 2. The molecule has 0 fully saturated rings. The van der Waals surface area contributed by atoms with Crippen molar-refractivity contribution in [2.75, 3.05) is 6.29 Å². The van der Waals surface area contributed by atoms with Gasteiger partial charge in [-0.25, -0.2) is 4.90 Å². The summed E-state index contributed by atoms with van der Waals surface area (Å²) in [7, 11) is -2.53. The molecule has 2 amide bonds. The van der Waals surface area contributed by atoms with Gasteiger partial charge in [0.25, 0.3) is 18.1 Å². The molecule has 1 aromatic rings. The van der Waals surface area contributed by atoms with Gasteiger partial charge in [-0.3, -0.25) is 9.59 Å². The lowest BCUT2D eigenvalue weighted by Crippen LogP contribution is -2.29. The first kappa shape index (κ1) is 9.96. The van der Waals surface area contributed by atoms with Crippen LogP contribution >= 0.6 is 8.03 Å². The van der Waals surface area contributed by atoms with Crippen molar-refractivity contribution in [3.63, 3.8) is 0 Å². The largest absolute Gasteiger partial charge is 0.528 e. The topological polar surface area (TPSA) is 74.7 Å². The normalized spacial score (nSPS) is 15.5. The molecular weight excluding hydrogens is 217 g/mol. The highest BCUT2D eigenvalue weighted by Crippen LogP contribution is 2.26. The van der Waals surface area contributed by atoms with Gasteiger partial charge < -0.3 is 0 Å². The fraction of sp³-hybridized carbons (Fsp3) is 0.111. The zero-order valence-corrected chi connectivity index (χ0v) is 8.48. The van der Waals surface area contributed by atoms with Crippen molar-refractivity contribution in [1.82, 2.24) is 4.90 Å². The van der Waals surface area contributed by atoms with E-state index >= 15 is 0 Å². The maximum Gasteiger partial charge on any atom is 0.528 e. The van der Waals surface area contributed by atoms with Crippen LogP contribution in [0.15, 0.2) is 24.3 Å². The zero-order valence-electron chi connectivity index (χ0n) is 7.58. The van der Waals surface area contributed by atoms with Crippen molar-refractivity contribution >= 4 is 19.8 Å². The third-order valence-electron chi connectivity index (χ3n) is 2.14. The Labute approximate surface area is 86.2 Å². The van der Waals surface area contributed by atoms with Gasteiger partial charge in [0.05, 0.1) is 11.1 Å². The summed E-state index contributed by atoms with van der Waals surface area (Å²) in [5.74, 6) is -1.01. The summed E-state index contributed by atoms with van der Waals surface area (Å²) < 4.78 is 10.6. The number of benzene rings is 1. The van der Waals surface area contributed by atoms with Crippen molar-refractivity contribution in [1.29, 1.82) is 0 Å². The summed E-state index contributed by atoms with van der Waals surface area (Å²) in [6, 6.07) is 6.35. The lowest BCUT2D eigenvalue weighted by molar-refractivity contribution is 0.0678. The minimum Gasteiger partial charge on any atom is -0.268 e. The number of carbonyl (C=O) groups is 2. The third kappa shape index (κ3) is 1.56. The molecule has 1 heterocycles. The Morgan fingerprint density at radius 2 is 1.60 bits per heavy atom. The van der Waals surface area contributed by atoms with Crippen molar-refractivity contribution in [2.45, 2.75) is 0 Å². The zero-order chi connectivity index (χ0) is 11.0. The molecular formula is C9H7NO4P+. The van der Waals surface area contributed by atoms with Gasteiger partial charge >= 0.3 is 8.03 Å². The van der Waals surface area contributed by atoms with Crippen LogP contribution in [0.5, 0.6) is 0 Å².